The van der Waals surface area contributed by atoms with Crippen LogP contribution in [-0.4, -0.2) is 29.1 Å². The van der Waals surface area contributed by atoms with E-state index in [-0.39, 0.29) is 0 Å². The fraction of sp³-hybridized carbons (Fsp3) is 0.889. The van der Waals surface area contributed by atoms with Gasteiger partial charge in [0.05, 0.1) is 0 Å². The summed E-state index contributed by atoms with van der Waals surface area (Å²) in [5.41, 5.74) is 0. The summed E-state index contributed by atoms with van der Waals surface area (Å²) in [6.07, 6.45) is 4.50. The molecule has 1 unspecified atom stereocenters. The smallest absolute Gasteiger partial charge is 0.223 e. The van der Waals surface area contributed by atoms with E-state index >= 15 is 0 Å². The molecule has 12 heavy (non-hydrogen) atoms. The van der Waals surface area contributed by atoms with Crippen molar-refractivity contribution in [1.29, 1.82) is 0 Å². The molecule has 0 aromatic heterocycles. The van der Waals surface area contributed by atoms with Crippen LogP contribution in [-0.2, 0) is 4.79 Å². The van der Waals surface area contributed by atoms with E-state index in [4.69, 9.17) is 0 Å². The van der Waals surface area contributed by atoms with Crippen molar-refractivity contribution in [1.82, 2.24) is 4.90 Å². The lowest BCUT2D eigenvalue weighted by Crippen LogP contribution is -2.41. The van der Waals surface area contributed by atoms with Crippen molar-refractivity contribution in [3.63, 3.8) is 0 Å². The zero-order valence-electron chi connectivity index (χ0n) is 7.20. The third-order valence-electron chi connectivity index (χ3n) is 3.01. The second kappa shape index (κ2) is 3.29. The quantitative estimate of drug-likeness (QED) is 0.643. The van der Waals surface area contributed by atoms with Gasteiger partial charge in [0.25, 0.3) is 0 Å². The maximum absolute atomic E-state index is 11.5. The molecule has 0 bridgehead atoms. The van der Waals surface area contributed by atoms with Crippen LogP contribution in [0.4, 0.5) is 0 Å². The number of hydrogen-bond acceptors (Lipinski definition) is 2. The molecule has 2 nitrogen and oxygen atoms in total. The Bertz CT molecular complexity index is 191. The van der Waals surface area contributed by atoms with Gasteiger partial charge in [-0.3, -0.25) is 4.79 Å². The standard InChI is InChI=1S/C9H15NOS/c11-9-4-7(6-12)5-10(9)8-2-1-3-8/h7-8,12H,1-6H2. The third-order valence-corrected chi connectivity index (χ3v) is 3.53. The van der Waals surface area contributed by atoms with Crippen LogP contribution in [0.25, 0.3) is 0 Å². The minimum absolute atomic E-state index is 0.360. The molecule has 1 amide bonds. The molecule has 2 rings (SSSR count). The SMILES string of the molecule is O=C1CC(CS)CN1C1CCC1. The van der Waals surface area contributed by atoms with Crippen molar-refractivity contribution in [2.75, 3.05) is 12.3 Å². The lowest BCUT2D eigenvalue weighted by Gasteiger charge is -2.34. The molecule has 0 aromatic rings. The minimum Gasteiger partial charge on any atom is -0.339 e. The maximum atomic E-state index is 11.5. The van der Waals surface area contributed by atoms with Crippen LogP contribution in [0, 0.1) is 5.92 Å². The van der Waals surface area contributed by atoms with Gasteiger partial charge in [-0.15, -0.1) is 0 Å². The molecule has 2 fully saturated rings. The van der Waals surface area contributed by atoms with Crippen molar-refractivity contribution in [2.24, 2.45) is 5.92 Å². The van der Waals surface area contributed by atoms with Gasteiger partial charge in [-0.05, 0) is 30.9 Å². The average molecular weight is 185 g/mol. The molecule has 2 aliphatic rings. The number of amides is 1. The monoisotopic (exact) mass is 185 g/mol. The zero-order valence-corrected chi connectivity index (χ0v) is 8.09. The molecule has 0 radical (unpaired) electrons. The van der Waals surface area contributed by atoms with Crippen LogP contribution < -0.4 is 0 Å². The van der Waals surface area contributed by atoms with Crippen molar-refractivity contribution < 1.29 is 4.79 Å². The molecule has 1 heterocycles. The fourth-order valence-corrected chi connectivity index (χ4v) is 2.23. The predicted molar refractivity (Wildman–Crippen MR) is 51.3 cm³/mol. The van der Waals surface area contributed by atoms with E-state index in [1.165, 1.54) is 19.3 Å². The van der Waals surface area contributed by atoms with Crippen molar-refractivity contribution in [3.05, 3.63) is 0 Å². The Morgan fingerprint density at radius 3 is 2.67 bits per heavy atom. The molecule has 1 saturated heterocycles. The van der Waals surface area contributed by atoms with Crippen LogP contribution >= 0.6 is 12.6 Å². The highest BCUT2D eigenvalue weighted by atomic mass is 32.1. The van der Waals surface area contributed by atoms with Gasteiger partial charge in [0.2, 0.25) is 5.91 Å². The Morgan fingerprint density at radius 1 is 1.50 bits per heavy atom. The average Bonchev–Trinajstić information content (AvgIpc) is 2.29. The van der Waals surface area contributed by atoms with E-state index in [0.29, 0.717) is 17.9 Å². The van der Waals surface area contributed by atoms with E-state index in [1.807, 2.05) is 0 Å². The first-order valence-corrected chi connectivity index (χ1v) is 5.35. The number of rotatable bonds is 2. The second-order valence-corrected chi connectivity index (χ2v) is 4.25. The lowest BCUT2D eigenvalue weighted by molar-refractivity contribution is -0.131. The van der Waals surface area contributed by atoms with Crippen LogP contribution in [0.2, 0.25) is 0 Å². The van der Waals surface area contributed by atoms with E-state index in [0.717, 1.165) is 18.7 Å². The van der Waals surface area contributed by atoms with Gasteiger partial charge in [0.15, 0.2) is 0 Å². The number of nitrogens with zero attached hydrogens (tertiary/aromatic N) is 1. The van der Waals surface area contributed by atoms with Gasteiger partial charge in [-0.25, -0.2) is 0 Å². The van der Waals surface area contributed by atoms with E-state index in [1.54, 1.807) is 0 Å². The molecular formula is C9H15NOS. The molecule has 1 saturated carbocycles. The van der Waals surface area contributed by atoms with Crippen LogP contribution in [0.3, 0.4) is 0 Å². The Labute approximate surface area is 78.7 Å². The Morgan fingerprint density at radius 2 is 2.25 bits per heavy atom. The fourth-order valence-electron chi connectivity index (χ4n) is 1.98. The van der Waals surface area contributed by atoms with Crippen LogP contribution in [0.15, 0.2) is 0 Å². The number of carbonyl (C=O) groups is 1. The Hall–Kier alpha value is -0.180. The maximum Gasteiger partial charge on any atom is 0.223 e. The summed E-state index contributed by atoms with van der Waals surface area (Å²) in [4.78, 5) is 13.5. The van der Waals surface area contributed by atoms with Gasteiger partial charge in [0, 0.05) is 19.0 Å². The molecule has 3 heteroatoms. The molecule has 1 aliphatic heterocycles. The summed E-state index contributed by atoms with van der Waals surface area (Å²) in [6.45, 7) is 0.965. The minimum atomic E-state index is 0.360. The van der Waals surface area contributed by atoms with Gasteiger partial charge in [0.1, 0.15) is 0 Å². The molecule has 1 aliphatic carbocycles. The summed E-state index contributed by atoms with van der Waals surface area (Å²) in [5, 5.41) is 0. The number of likely N-dealkylation sites (tertiary alicyclic amines) is 1. The highest BCUT2D eigenvalue weighted by Crippen LogP contribution is 2.30. The summed E-state index contributed by atoms with van der Waals surface area (Å²) in [6, 6.07) is 0.586. The van der Waals surface area contributed by atoms with Crippen LogP contribution in [0.1, 0.15) is 25.7 Å². The van der Waals surface area contributed by atoms with Crippen LogP contribution in [0.5, 0.6) is 0 Å². The molecular weight excluding hydrogens is 170 g/mol. The van der Waals surface area contributed by atoms with Crippen molar-refractivity contribution in [2.45, 2.75) is 31.7 Å². The summed E-state index contributed by atoms with van der Waals surface area (Å²) in [7, 11) is 0. The predicted octanol–water partition coefficient (Wildman–Crippen LogP) is 1.32. The number of carbonyl (C=O) groups excluding carboxylic acids is 1. The summed E-state index contributed by atoms with van der Waals surface area (Å²) >= 11 is 4.23. The van der Waals surface area contributed by atoms with E-state index in [9.17, 15) is 4.79 Å². The van der Waals surface area contributed by atoms with Gasteiger partial charge in [-0.2, -0.15) is 12.6 Å². The van der Waals surface area contributed by atoms with Gasteiger partial charge < -0.3 is 4.90 Å². The van der Waals surface area contributed by atoms with Gasteiger partial charge >= 0.3 is 0 Å². The third kappa shape index (κ3) is 1.35. The molecule has 0 aromatic carbocycles. The molecule has 1 atom stereocenters. The number of hydrogen-bond donors (Lipinski definition) is 1. The van der Waals surface area contributed by atoms with Crippen molar-refractivity contribution in [3.8, 4) is 0 Å². The topological polar surface area (TPSA) is 20.3 Å². The van der Waals surface area contributed by atoms with Gasteiger partial charge in [-0.1, -0.05) is 0 Å². The van der Waals surface area contributed by atoms with E-state index in [2.05, 4.69) is 17.5 Å². The first-order chi connectivity index (χ1) is 5.81. The largest absolute Gasteiger partial charge is 0.339 e. The lowest BCUT2D eigenvalue weighted by atomic mass is 9.92. The first kappa shape index (κ1) is 8.42. The Balaban J connectivity index is 1.93. The molecule has 0 N–H and O–H groups in total. The molecule has 0 spiro atoms. The Kier molecular flexibility index (Phi) is 2.31. The van der Waals surface area contributed by atoms with Crippen molar-refractivity contribution >= 4 is 18.5 Å². The number of thiol groups is 1. The molecule has 68 valence electrons. The highest BCUT2D eigenvalue weighted by Gasteiger charge is 2.35. The first-order valence-electron chi connectivity index (χ1n) is 4.71. The normalized spacial score (nSPS) is 30.9. The summed E-state index contributed by atoms with van der Waals surface area (Å²) < 4.78 is 0. The highest BCUT2D eigenvalue weighted by molar-refractivity contribution is 7.80. The second-order valence-electron chi connectivity index (χ2n) is 3.88. The van der Waals surface area contributed by atoms with E-state index < -0.39 is 0 Å². The summed E-state index contributed by atoms with van der Waals surface area (Å²) in [5.74, 6) is 1.73. The zero-order chi connectivity index (χ0) is 8.55.